The van der Waals surface area contributed by atoms with Crippen molar-refractivity contribution >= 4 is 22.9 Å². The minimum Gasteiger partial charge on any atom is -0.376 e. The summed E-state index contributed by atoms with van der Waals surface area (Å²) in [5.74, 6) is 0. The maximum atomic E-state index is 9.30. The molecule has 24 heavy (non-hydrogen) atoms. The van der Waals surface area contributed by atoms with Gasteiger partial charge < -0.3 is 5.32 Å². The topological polar surface area (TPSA) is 35.8 Å². The van der Waals surface area contributed by atoms with E-state index >= 15 is 0 Å². The van der Waals surface area contributed by atoms with Crippen molar-refractivity contribution in [2.24, 2.45) is 0 Å². The summed E-state index contributed by atoms with van der Waals surface area (Å²) in [5, 5.41) is 13.6. The van der Waals surface area contributed by atoms with Gasteiger partial charge in [0.05, 0.1) is 22.2 Å². The van der Waals surface area contributed by atoms with Gasteiger partial charge in [0.25, 0.3) is 0 Å². The van der Waals surface area contributed by atoms with Crippen molar-refractivity contribution in [1.82, 2.24) is 0 Å². The molecule has 3 heteroatoms. The molecular weight excluding hydrogens is 316 g/mol. The van der Waals surface area contributed by atoms with Crippen LogP contribution in [0.2, 0.25) is 5.02 Å². The van der Waals surface area contributed by atoms with Crippen LogP contribution in [0.15, 0.2) is 30.3 Å². The van der Waals surface area contributed by atoms with Crippen molar-refractivity contribution in [2.45, 2.75) is 40.2 Å². The number of halogens is 1. The largest absolute Gasteiger partial charge is 0.376 e. The SMILES string of the molecule is CC1=CC(C)(C)Nc2c(C)cc(-c3cccc(C#N)c3C)c(Cl)c21. The molecule has 0 aromatic heterocycles. The van der Waals surface area contributed by atoms with Gasteiger partial charge in [-0.1, -0.05) is 29.8 Å². The molecule has 122 valence electrons. The van der Waals surface area contributed by atoms with Gasteiger partial charge >= 0.3 is 0 Å². The molecule has 0 saturated heterocycles. The molecule has 0 saturated carbocycles. The Morgan fingerprint density at radius 3 is 2.50 bits per heavy atom. The summed E-state index contributed by atoms with van der Waals surface area (Å²) >= 11 is 6.82. The minimum absolute atomic E-state index is 0.0939. The number of rotatable bonds is 1. The zero-order valence-corrected chi connectivity index (χ0v) is 15.5. The number of aryl methyl sites for hydroxylation is 1. The van der Waals surface area contributed by atoms with Crippen molar-refractivity contribution < 1.29 is 0 Å². The van der Waals surface area contributed by atoms with E-state index in [1.807, 2.05) is 25.1 Å². The summed E-state index contributed by atoms with van der Waals surface area (Å²) < 4.78 is 0. The molecule has 1 aliphatic rings. The van der Waals surface area contributed by atoms with Crippen molar-refractivity contribution in [1.29, 1.82) is 5.26 Å². The van der Waals surface area contributed by atoms with Crippen LogP contribution in [0.5, 0.6) is 0 Å². The predicted octanol–water partition coefficient (Wildman–Crippen LogP) is 6.10. The third-order valence-electron chi connectivity index (χ3n) is 4.62. The average Bonchev–Trinajstić information content (AvgIpc) is 2.50. The maximum Gasteiger partial charge on any atom is 0.0994 e. The van der Waals surface area contributed by atoms with E-state index in [4.69, 9.17) is 11.6 Å². The van der Waals surface area contributed by atoms with Gasteiger partial charge in [0.1, 0.15) is 0 Å². The first-order valence-corrected chi connectivity index (χ1v) is 8.44. The second-order valence-electron chi connectivity index (χ2n) is 7.07. The normalized spacial score (nSPS) is 15.1. The van der Waals surface area contributed by atoms with Crippen LogP contribution in [0.4, 0.5) is 5.69 Å². The van der Waals surface area contributed by atoms with E-state index in [0.717, 1.165) is 38.5 Å². The number of anilines is 1. The lowest BCUT2D eigenvalue weighted by molar-refractivity contribution is 0.706. The Bertz CT molecular complexity index is 914. The highest BCUT2D eigenvalue weighted by Crippen LogP contribution is 2.45. The number of nitrogens with zero attached hydrogens (tertiary/aromatic N) is 1. The van der Waals surface area contributed by atoms with Crippen LogP contribution < -0.4 is 5.32 Å². The second-order valence-corrected chi connectivity index (χ2v) is 7.45. The third-order valence-corrected chi connectivity index (χ3v) is 5.02. The van der Waals surface area contributed by atoms with Crippen LogP contribution in [-0.2, 0) is 0 Å². The van der Waals surface area contributed by atoms with Gasteiger partial charge in [-0.05, 0) is 69.0 Å². The van der Waals surface area contributed by atoms with Crippen LogP contribution in [-0.4, -0.2) is 5.54 Å². The highest BCUT2D eigenvalue weighted by Gasteiger charge is 2.27. The molecule has 0 unspecified atom stereocenters. The fourth-order valence-electron chi connectivity index (χ4n) is 3.54. The average molecular weight is 337 g/mol. The van der Waals surface area contributed by atoms with Gasteiger partial charge in [-0.2, -0.15) is 5.26 Å². The molecule has 2 aromatic rings. The fraction of sp³-hybridized carbons (Fsp3) is 0.286. The fourth-order valence-corrected chi connectivity index (χ4v) is 3.94. The predicted molar refractivity (Wildman–Crippen MR) is 102 cm³/mol. The van der Waals surface area contributed by atoms with E-state index in [2.05, 4.69) is 51.2 Å². The molecule has 0 atom stereocenters. The highest BCUT2D eigenvalue weighted by molar-refractivity contribution is 6.36. The molecule has 1 heterocycles. The Morgan fingerprint density at radius 2 is 1.83 bits per heavy atom. The summed E-state index contributed by atoms with van der Waals surface area (Å²) in [5.41, 5.74) is 8.06. The van der Waals surface area contributed by atoms with E-state index in [1.165, 1.54) is 5.57 Å². The quantitative estimate of drug-likeness (QED) is 0.682. The molecule has 0 aliphatic carbocycles. The van der Waals surface area contributed by atoms with Gasteiger partial charge in [-0.25, -0.2) is 0 Å². The molecule has 0 radical (unpaired) electrons. The Balaban J connectivity index is 2.30. The number of nitrogens with one attached hydrogen (secondary N) is 1. The Morgan fingerprint density at radius 1 is 1.12 bits per heavy atom. The number of hydrogen-bond acceptors (Lipinski definition) is 2. The summed E-state index contributed by atoms with van der Waals surface area (Å²) in [6.45, 7) is 10.5. The van der Waals surface area contributed by atoms with Crippen molar-refractivity contribution in [2.75, 3.05) is 5.32 Å². The monoisotopic (exact) mass is 336 g/mol. The molecule has 0 fully saturated rings. The standard InChI is InChI=1S/C21H21ClN2/c1-12-9-17(16-8-6-7-15(11-23)14(16)3)19(22)18-13(2)10-21(4,5)24-20(12)18/h6-10,24H,1-5H3. The summed E-state index contributed by atoms with van der Waals surface area (Å²) in [6, 6.07) is 10.2. The van der Waals surface area contributed by atoms with E-state index < -0.39 is 0 Å². The molecule has 1 aliphatic heterocycles. The van der Waals surface area contributed by atoms with Gasteiger partial charge in [-0.15, -0.1) is 0 Å². The number of fused-ring (bicyclic) bond motifs is 1. The Labute approximate surface area is 148 Å². The zero-order valence-electron chi connectivity index (χ0n) is 14.7. The van der Waals surface area contributed by atoms with Gasteiger partial charge in [0, 0.05) is 16.8 Å². The lowest BCUT2D eigenvalue weighted by Gasteiger charge is -2.34. The third kappa shape index (κ3) is 2.60. The summed E-state index contributed by atoms with van der Waals surface area (Å²) in [7, 11) is 0. The smallest absolute Gasteiger partial charge is 0.0994 e. The molecule has 0 bridgehead atoms. The van der Waals surface area contributed by atoms with Crippen LogP contribution in [0, 0.1) is 25.2 Å². The first-order chi connectivity index (χ1) is 11.2. The number of nitriles is 1. The number of allylic oxidation sites excluding steroid dienone is 1. The van der Waals surface area contributed by atoms with Crippen molar-refractivity contribution in [3.8, 4) is 17.2 Å². The molecule has 0 amide bonds. The second kappa shape index (κ2) is 5.69. The van der Waals surface area contributed by atoms with Gasteiger partial charge in [-0.3, -0.25) is 0 Å². The molecule has 0 spiro atoms. The Hall–Kier alpha value is -2.24. The Kier molecular flexibility index (Phi) is 3.94. The van der Waals surface area contributed by atoms with E-state index in [0.29, 0.717) is 5.56 Å². The molecule has 1 N–H and O–H groups in total. The van der Waals surface area contributed by atoms with Crippen LogP contribution in [0.1, 0.15) is 43.0 Å². The molecule has 2 nitrogen and oxygen atoms in total. The van der Waals surface area contributed by atoms with E-state index in [-0.39, 0.29) is 5.54 Å². The first kappa shape index (κ1) is 16.6. The van der Waals surface area contributed by atoms with E-state index in [1.54, 1.807) is 0 Å². The lowest BCUT2D eigenvalue weighted by Crippen LogP contribution is -2.32. The minimum atomic E-state index is -0.0939. The molecule has 3 rings (SSSR count). The molecule has 2 aromatic carbocycles. The van der Waals surface area contributed by atoms with Crippen molar-refractivity contribution in [3.63, 3.8) is 0 Å². The zero-order chi connectivity index (χ0) is 17.6. The van der Waals surface area contributed by atoms with Crippen LogP contribution in [0.3, 0.4) is 0 Å². The van der Waals surface area contributed by atoms with Crippen molar-refractivity contribution in [3.05, 3.63) is 57.6 Å². The number of hydrogen-bond donors (Lipinski definition) is 1. The molecular formula is C21H21ClN2. The van der Waals surface area contributed by atoms with E-state index in [9.17, 15) is 5.26 Å². The summed E-state index contributed by atoms with van der Waals surface area (Å²) in [6.07, 6.45) is 2.21. The number of benzene rings is 2. The highest BCUT2D eigenvalue weighted by atomic mass is 35.5. The summed E-state index contributed by atoms with van der Waals surface area (Å²) in [4.78, 5) is 0. The van der Waals surface area contributed by atoms with Gasteiger partial charge in [0.2, 0.25) is 0 Å². The van der Waals surface area contributed by atoms with Gasteiger partial charge in [0.15, 0.2) is 0 Å². The lowest BCUT2D eigenvalue weighted by atomic mass is 9.86. The first-order valence-electron chi connectivity index (χ1n) is 8.06. The maximum absolute atomic E-state index is 9.30. The van der Waals surface area contributed by atoms with Crippen LogP contribution >= 0.6 is 11.6 Å². The van der Waals surface area contributed by atoms with Crippen LogP contribution in [0.25, 0.3) is 16.7 Å².